The van der Waals surface area contributed by atoms with E-state index in [1.54, 1.807) is 0 Å². The van der Waals surface area contributed by atoms with Gasteiger partial charge in [0, 0.05) is 0 Å². The zero-order valence-corrected chi connectivity index (χ0v) is 4.52. The lowest BCUT2D eigenvalue weighted by Gasteiger charge is -1.84. The molecule has 0 fully saturated rings. The third kappa shape index (κ3) is 2.22. The molecule has 4 heteroatoms. The Kier molecular flexibility index (Phi) is 2.44. The van der Waals surface area contributed by atoms with Crippen molar-refractivity contribution in [1.29, 1.82) is 0 Å². The normalized spacial score (nSPS) is 8.14. The monoisotopic (exact) mass is 119 g/mol. The van der Waals surface area contributed by atoms with Gasteiger partial charge in [0.2, 0.25) is 5.70 Å². The van der Waals surface area contributed by atoms with Crippen molar-refractivity contribution in [3.8, 4) is 0 Å². The second-order valence-corrected chi connectivity index (χ2v) is 1.30. The van der Waals surface area contributed by atoms with Gasteiger partial charge < -0.3 is 0 Å². The van der Waals surface area contributed by atoms with Crippen molar-refractivity contribution >= 4 is 12.6 Å². The van der Waals surface area contributed by atoms with Gasteiger partial charge in [-0.3, -0.25) is 10.1 Å². The van der Waals surface area contributed by atoms with Crippen LogP contribution in [0.4, 0.5) is 0 Å². The standard InChI is InChI=1S/C3H5NO2S/c1-3(2-7)4(5)6/h7H,1-2H2. The number of hydrogen-bond acceptors (Lipinski definition) is 3. The third-order valence-electron chi connectivity index (χ3n) is 0.441. The van der Waals surface area contributed by atoms with Gasteiger partial charge in [-0.1, -0.05) is 0 Å². The Balaban J connectivity index is 3.58. The van der Waals surface area contributed by atoms with Gasteiger partial charge in [0.05, 0.1) is 10.7 Å². The molecule has 0 spiro atoms. The molecule has 40 valence electrons. The molecule has 3 nitrogen and oxygen atoms in total. The van der Waals surface area contributed by atoms with Gasteiger partial charge in [-0.05, 0) is 6.58 Å². The molecule has 0 heterocycles. The summed E-state index contributed by atoms with van der Waals surface area (Å²) in [6.45, 7) is 3.10. The summed E-state index contributed by atoms with van der Waals surface area (Å²) in [5, 5.41) is 9.59. The highest BCUT2D eigenvalue weighted by molar-refractivity contribution is 7.80. The zero-order chi connectivity index (χ0) is 5.86. The Labute approximate surface area is 46.6 Å². The van der Waals surface area contributed by atoms with Gasteiger partial charge >= 0.3 is 0 Å². The van der Waals surface area contributed by atoms with Crippen molar-refractivity contribution in [1.82, 2.24) is 0 Å². The average Bonchev–Trinajstić information content (AvgIpc) is 1.65. The molecule has 0 atom stereocenters. The largest absolute Gasteiger partial charge is 0.259 e. The number of rotatable bonds is 2. The Hall–Kier alpha value is -0.510. The van der Waals surface area contributed by atoms with Crippen LogP contribution in [0.1, 0.15) is 0 Å². The summed E-state index contributed by atoms with van der Waals surface area (Å²) in [7, 11) is 0. The highest BCUT2D eigenvalue weighted by Crippen LogP contribution is 1.90. The molecule has 0 aromatic carbocycles. The summed E-state index contributed by atoms with van der Waals surface area (Å²) in [5.41, 5.74) is -0.0664. The van der Waals surface area contributed by atoms with Crippen LogP contribution in [0, 0.1) is 10.1 Å². The first-order chi connectivity index (χ1) is 3.18. The molecule has 0 aromatic heterocycles. The highest BCUT2D eigenvalue weighted by Gasteiger charge is 1.99. The lowest BCUT2D eigenvalue weighted by atomic mass is 10.6. The van der Waals surface area contributed by atoms with E-state index < -0.39 is 4.92 Å². The molecule has 0 N–H and O–H groups in total. The maximum Gasteiger partial charge on any atom is 0.248 e. The minimum absolute atomic E-state index is 0.0664. The smallest absolute Gasteiger partial charge is 0.248 e. The minimum Gasteiger partial charge on any atom is -0.259 e. The predicted molar refractivity (Wildman–Crippen MR) is 30.0 cm³/mol. The first-order valence-corrected chi connectivity index (χ1v) is 2.24. The van der Waals surface area contributed by atoms with Crippen LogP contribution in [-0.2, 0) is 0 Å². The molecule has 7 heavy (non-hydrogen) atoms. The van der Waals surface area contributed by atoms with Crippen LogP contribution in [0.5, 0.6) is 0 Å². The van der Waals surface area contributed by atoms with E-state index in [1.807, 2.05) is 0 Å². The predicted octanol–water partition coefficient (Wildman–Crippen LogP) is 0.707. The molecule has 0 radical (unpaired) electrons. The number of nitrogens with zero attached hydrogens (tertiary/aromatic N) is 1. The molecule has 0 saturated carbocycles. The average molecular weight is 119 g/mol. The van der Waals surface area contributed by atoms with E-state index in [2.05, 4.69) is 19.2 Å². The van der Waals surface area contributed by atoms with Crippen molar-refractivity contribution < 1.29 is 4.92 Å². The summed E-state index contributed by atoms with van der Waals surface area (Å²) in [5.74, 6) is 0.118. The first kappa shape index (κ1) is 6.49. The summed E-state index contributed by atoms with van der Waals surface area (Å²) >= 11 is 3.61. The molecule has 0 amide bonds. The summed E-state index contributed by atoms with van der Waals surface area (Å²) in [4.78, 5) is 9.04. The summed E-state index contributed by atoms with van der Waals surface area (Å²) in [6, 6.07) is 0. The number of nitro groups is 1. The van der Waals surface area contributed by atoms with Gasteiger partial charge in [0.1, 0.15) is 0 Å². The van der Waals surface area contributed by atoms with Gasteiger partial charge in [-0.15, -0.1) is 0 Å². The molecule has 0 unspecified atom stereocenters. The van der Waals surface area contributed by atoms with E-state index in [0.717, 1.165) is 0 Å². The molecule has 0 bridgehead atoms. The molecule has 0 aliphatic carbocycles. The Morgan fingerprint density at radius 3 is 2.43 bits per heavy atom. The van der Waals surface area contributed by atoms with Crippen molar-refractivity contribution in [3.63, 3.8) is 0 Å². The number of thiol groups is 1. The molecule has 0 aliphatic rings. The molecule has 0 aliphatic heterocycles. The van der Waals surface area contributed by atoms with E-state index in [0.29, 0.717) is 0 Å². The fraction of sp³-hybridized carbons (Fsp3) is 0.333. The number of hydrogen-bond donors (Lipinski definition) is 1. The lowest BCUT2D eigenvalue weighted by Crippen LogP contribution is -1.96. The van der Waals surface area contributed by atoms with E-state index >= 15 is 0 Å². The minimum atomic E-state index is -0.549. The van der Waals surface area contributed by atoms with Gasteiger partial charge in [-0.25, -0.2) is 0 Å². The van der Waals surface area contributed by atoms with E-state index in [1.165, 1.54) is 0 Å². The lowest BCUT2D eigenvalue weighted by molar-refractivity contribution is -0.422. The van der Waals surface area contributed by atoms with E-state index in [-0.39, 0.29) is 11.4 Å². The Bertz CT molecular complexity index is 101. The van der Waals surface area contributed by atoms with E-state index in [9.17, 15) is 10.1 Å². The second-order valence-electron chi connectivity index (χ2n) is 0.981. The molecule has 0 aromatic rings. The topological polar surface area (TPSA) is 43.1 Å². The van der Waals surface area contributed by atoms with Crippen molar-refractivity contribution in [2.75, 3.05) is 5.75 Å². The Morgan fingerprint density at radius 1 is 2.00 bits per heavy atom. The van der Waals surface area contributed by atoms with Crippen LogP contribution in [0.25, 0.3) is 0 Å². The third-order valence-corrected chi connectivity index (χ3v) is 0.806. The molecular weight excluding hydrogens is 114 g/mol. The van der Waals surface area contributed by atoms with E-state index in [4.69, 9.17) is 0 Å². The van der Waals surface area contributed by atoms with Crippen molar-refractivity contribution in [3.05, 3.63) is 22.4 Å². The SMILES string of the molecule is C=C(CS)[N+](=O)[O-]. The maximum atomic E-state index is 9.59. The van der Waals surface area contributed by atoms with Crippen LogP contribution < -0.4 is 0 Å². The van der Waals surface area contributed by atoms with Gasteiger partial charge in [0.25, 0.3) is 0 Å². The zero-order valence-electron chi connectivity index (χ0n) is 3.63. The van der Waals surface area contributed by atoms with Crippen LogP contribution >= 0.6 is 12.6 Å². The summed E-state index contributed by atoms with van der Waals surface area (Å²) < 4.78 is 0. The molecular formula is C3H5NO2S. The molecule has 0 rings (SSSR count). The van der Waals surface area contributed by atoms with Gasteiger partial charge in [0.15, 0.2) is 0 Å². The summed E-state index contributed by atoms with van der Waals surface area (Å²) in [6.07, 6.45) is 0. The van der Waals surface area contributed by atoms with Crippen molar-refractivity contribution in [2.45, 2.75) is 0 Å². The van der Waals surface area contributed by atoms with Crippen LogP contribution in [0.15, 0.2) is 12.3 Å². The molecule has 0 saturated heterocycles. The van der Waals surface area contributed by atoms with Crippen LogP contribution in [0.2, 0.25) is 0 Å². The Morgan fingerprint density at radius 2 is 2.43 bits per heavy atom. The fourth-order valence-corrected chi connectivity index (χ4v) is 0.173. The van der Waals surface area contributed by atoms with Crippen LogP contribution in [-0.4, -0.2) is 10.7 Å². The quantitative estimate of drug-likeness (QED) is 0.330. The maximum absolute atomic E-state index is 9.59. The first-order valence-electron chi connectivity index (χ1n) is 1.61. The van der Waals surface area contributed by atoms with Crippen LogP contribution in [0.3, 0.4) is 0 Å². The second kappa shape index (κ2) is 2.63. The fourth-order valence-electron chi connectivity index (χ4n) is 0.0577. The van der Waals surface area contributed by atoms with Gasteiger partial charge in [-0.2, -0.15) is 12.6 Å². The van der Waals surface area contributed by atoms with Crippen molar-refractivity contribution in [2.24, 2.45) is 0 Å². The highest BCUT2D eigenvalue weighted by atomic mass is 32.1.